The highest BCUT2D eigenvalue weighted by Gasteiger charge is 2.30. The topological polar surface area (TPSA) is 111 Å². The number of hydrogen-bond acceptors (Lipinski definition) is 6. The highest BCUT2D eigenvalue weighted by molar-refractivity contribution is 9.10. The van der Waals surface area contributed by atoms with Gasteiger partial charge in [-0.05, 0) is 24.3 Å². The number of aromatic nitrogens is 2. The average Bonchev–Trinajstić information content (AvgIpc) is 3.47. The minimum absolute atomic E-state index is 0.100. The maximum absolute atomic E-state index is 12.7. The Morgan fingerprint density at radius 2 is 2.17 bits per heavy atom. The molecule has 2 amide bonds. The first-order valence-corrected chi connectivity index (χ1v) is 9.92. The van der Waals surface area contributed by atoms with Crippen LogP contribution in [-0.2, 0) is 23.2 Å². The Labute approximate surface area is 180 Å². The Bertz CT molecular complexity index is 1110. The van der Waals surface area contributed by atoms with Crippen molar-refractivity contribution in [3.05, 3.63) is 70.3 Å². The third-order valence-electron chi connectivity index (χ3n) is 4.42. The molecule has 1 aliphatic rings. The molecule has 0 radical (unpaired) electrons. The second-order valence-electron chi connectivity index (χ2n) is 6.66. The standard InChI is InChI=1S/C20H18BrN5O4/c1-26-11-16(18(24-26)20(28)22-10-14-6-3-7-29-14)23-19(27)17-9-15(25-30-17)12-4-2-5-13(21)8-12/h2-8,11,17H,9-10H2,1H3,(H,22,28)(H,23,27). The number of rotatable bonds is 6. The normalized spacial score (nSPS) is 15.4. The van der Waals surface area contributed by atoms with Crippen LogP contribution in [0.2, 0.25) is 0 Å². The van der Waals surface area contributed by atoms with Crippen molar-refractivity contribution in [3.63, 3.8) is 0 Å². The van der Waals surface area contributed by atoms with Crippen molar-refractivity contribution in [1.29, 1.82) is 0 Å². The van der Waals surface area contributed by atoms with Gasteiger partial charge in [-0.25, -0.2) is 0 Å². The van der Waals surface area contributed by atoms with Gasteiger partial charge < -0.3 is 19.9 Å². The van der Waals surface area contributed by atoms with Gasteiger partial charge >= 0.3 is 0 Å². The van der Waals surface area contributed by atoms with Crippen LogP contribution in [0.5, 0.6) is 0 Å². The third kappa shape index (κ3) is 4.43. The summed E-state index contributed by atoms with van der Waals surface area (Å²) in [7, 11) is 1.67. The zero-order chi connectivity index (χ0) is 21.1. The first-order chi connectivity index (χ1) is 14.5. The van der Waals surface area contributed by atoms with Crippen LogP contribution in [-0.4, -0.2) is 33.4 Å². The van der Waals surface area contributed by atoms with Crippen molar-refractivity contribution in [2.45, 2.75) is 19.1 Å². The first kappa shape index (κ1) is 19.9. The largest absolute Gasteiger partial charge is 0.467 e. The number of carbonyl (C=O) groups is 2. The number of benzene rings is 1. The van der Waals surface area contributed by atoms with Crippen molar-refractivity contribution >= 4 is 39.1 Å². The molecule has 10 heteroatoms. The summed E-state index contributed by atoms with van der Waals surface area (Å²) in [5.74, 6) is -0.223. The van der Waals surface area contributed by atoms with E-state index in [1.165, 1.54) is 10.9 Å². The summed E-state index contributed by atoms with van der Waals surface area (Å²) < 4.78 is 7.57. The number of nitrogens with zero attached hydrogens (tertiary/aromatic N) is 3. The molecule has 30 heavy (non-hydrogen) atoms. The molecule has 2 aromatic heterocycles. The van der Waals surface area contributed by atoms with Crippen LogP contribution >= 0.6 is 15.9 Å². The molecule has 4 rings (SSSR count). The molecule has 0 spiro atoms. The Morgan fingerprint density at radius 1 is 1.30 bits per heavy atom. The first-order valence-electron chi connectivity index (χ1n) is 9.13. The summed E-state index contributed by atoms with van der Waals surface area (Å²) in [6.07, 6.45) is 2.62. The number of halogens is 1. The van der Waals surface area contributed by atoms with Crippen molar-refractivity contribution in [2.24, 2.45) is 12.2 Å². The molecule has 3 aromatic rings. The third-order valence-corrected chi connectivity index (χ3v) is 4.92. The lowest BCUT2D eigenvalue weighted by molar-refractivity contribution is -0.125. The van der Waals surface area contributed by atoms with Crippen molar-refractivity contribution in [1.82, 2.24) is 15.1 Å². The van der Waals surface area contributed by atoms with E-state index in [0.717, 1.165) is 10.0 Å². The zero-order valence-corrected chi connectivity index (χ0v) is 17.5. The molecule has 2 N–H and O–H groups in total. The molecule has 1 unspecified atom stereocenters. The average molecular weight is 472 g/mol. The number of anilines is 1. The molecular weight excluding hydrogens is 454 g/mol. The number of nitrogens with one attached hydrogen (secondary N) is 2. The number of amides is 2. The Morgan fingerprint density at radius 3 is 2.93 bits per heavy atom. The molecular formula is C20H18BrN5O4. The van der Waals surface area contributed by atoms with E-state index in [9.17, 15) is 9.59 Å². The highest BCUT2D eigenvalue weighted by Crippen LogP contribution is 2.22. The maximum atomic E-state index is 12.7. The van der Waals surface area contributed by atoms with Gasteiger partial charge in [0.05, 0.1) is 24.2 Å². The maximum Gasteiger partial charge on any atom is 0.274 e. The van der Waals surface area contributed by atoms with Crippen LogP contribution in [0.25, 0.3) is 0 Å². The van der Waals surface area contributed by atoms with Gasteiger partial charge in [-0.15, -0.1) is 0 Å². The number of furan rings is 1. The summed E-state index contributed by atoms with van der Waals surface area (Å²) in [5.41, 5.74) is 1.94. The molecule has 0 aliphatic carbocycles. The highest BCUT2D eigenvalue weighted by atomic mass is 79.9. The van der Waals surface area contributed by atoms with Gasteiger partial charge in [-0.1, -0.05) is 33.2 Å². The second kappa shape index (κ2) is 8.54. The van der Waals surface area contributed by atoms with Crippen LogP contribution in [0.1, 0.15) is 28.2 Å². The van der Waals surface area contributed by atoms with Crippen LogP contribution in [0, 0.1) is 0 Å². The molecule has 154 valence electrons. The van der Waals surface area contributed by atoms with Gasteiger partial charge in [0.2, 0.25) is 6.10 Å². The van der Waals surface area contributed by atoms with E-state index >= 15 is 0 Å². The minimum Gasteiger partial charge on any atom is -0.467 e. The van der Waals surface area contributed by atoms with E-state index in [1.807, 2.05) is 24.3 Å². The van der Waals surface area contributed by atoms with Crippen LogP contribution in [0.3, 0.4) is 0 Å². The predicted octanol–water partition coefficient (Wildman–Crippen LogP) is 2.84. The summed E-state index contributed by atoms with van der Waals surface area (Å²) in [6.45, 7) is 0.214. The van der Waals surface area contributed by atoms with Gasteiger partial charge in [0.1, 0.15) is 5.76 Å². The van der Waals surface area contributed by atoms with Gasteiger partial charge in [-0.2, -0.15) is 5.10 Å². The van der Waals surface area contributed by atoms with E-state index in [0.29, 0.717) is 23.6 Å². The minimum atomic E-state index is -0.793. The number of hydrogen-bond donors (Lipinski definition) is 2. The quantitative estimate of drug-likeness (QED) is 0.574. The SMILES string of the molecule is Cn1cc(NC(=O)C2CC(c3cccc(Br)c3)=NO2)c(C(=O)NCc2ccco2)n1. The number of oxime groups is 1. The summed E-state index contributed by atoms with van der Waals surface area (Å²) in [6, 6.07) is 11.1. The molecule has 1 atom stereocenters. The van der Waals surface area contributed by atoms with E-state index in [2.05, 4.69) is 36.8 Å². The van der Waals surface area contributed by atoms with Gasteiger partial charge in [0.15, 0.2) is 5.69 Å². The molecule has 0 bridgehead atoms. The van der Waals surface area contributed by atoms with Crippen molar-refractivity contribution < 1.29 is 18.8 Å². The molecule has 1 aliphatic heterocycles. The van der Waals surface area contributed by atoms with E-state index in [-0.39, 0.29) is 12.2 Å². The smallest absolute Gasteiger partial charge is 0.274 e. The second-order valence-corrected chi connectivity index (χ2v) is 7.58. The summed E-state index contributed by atoms with van der Waals surface area (Å²) in [5, 5.41) is 13.6. The fourth-order valence-corrected chi connectivity index (χ4v) is 3.38. The molecule has 1 aromatic carbocycles. The number of aryl methyl sites for hydroxylation is 1. The molecule has 0 fully saturated rings. The van der Waals surface area contributed by atoms with Crippen molar-refractivity contribution in [2.75, 3.05) is 5.32 Å². The van der Waals surface area contributed by atoms with Crippen molar-refractivity contribution in [3.8, 4) is 0 Å². The molecule has 0 saturated carbocycles. The van der Waals surface area contributed by atoms with E-state index < -0.39 is 17.9 Å². The summed E-state index contributed by atoms with van der Waals surface area (Å²) >= 11 is 3.42. The zero-order valence-electron chi connectivity index (χ0n) is 16.0. The number of carbonyl (C=O) groups excluding carboxylic acids is 2. The molecule has 0 saturated heterocycles. The van der Waals surface area contributed by atoms with Crippen LogP contribution < -0.4 is 10.6 Å². The van der Waals surface area contributed by atoms with Gasteiger partial charge in [-0.3, -0.25) is 14.3 Å². The Kier molecular flexibility index (Phi) is 5.66. The molecule has 3 heterocycles. The lowest BCUT2D eigenvalue weighted by Crippen LogP contribution is -2.30. The monoisotopic (exact) mass is 471 g/mol. The fraction of sp³-hybridized carbons (Fsp3) is 0.200. The van der Waals surface area contributed by atoms with E-state index in [1.54, 1.807) is 25.4 Å². The fourth-order valence-electron chi connectivity index (χ4n) is 2.98. The Balaban J connectivity index is 1.40. The Hall–Kier alpha value is -3.40. The lowest BCUT2D eigenvalue weighted by Gasteiger charge is -2.09. The lowest BCUT2D eigenvalue weighted by atomic mass is 10.0. The summed E-state index contributed by atoms with van der Waals surface area (Å²) in [4.78, 5) is 30.5. The van der Waals surface area contributed by atoms with Gasteiger partial charge in [0, 0.05) is 29.7 Å². The van der Waals surface area contributed by atoms with Crippen LogP contribution in [0.15, 0.2) is 62.9 Å². The van der Waals surface area contributed by atoms with E-state index in [4.69, 9.17) is 9.25 Å². The van der Waals surface area contributed by atoms with Crippen LogP contribution in [0.4, 0.5) is 5.69 Å². The molecule has 9 nitrogen and oxygen atoms in total. The predicted molar refractivity (Wildman–Crippen MR) is 112 cm³/mol. The van der Waals surface area contributed by atoms with Gasteiger partial charge in [0.25, 0.3) is 11.8 Å².